The minimum absolute atomic E-state index is 0.129. The van der Waals surface area contributed by atoms with E-state index >= 15 is 0 Å². The third kappa shape index (κ3) is 5.32. The van der Waals surface area contributed by atoms with Gasteiger partial charge in [0, 0.05) is 6.07 Å². The predicted octanol–water partition coefficient (Wildman–Crippen LogP) is 3.49. The number of hydrogen-bond acceptors (Lipinski definition) is 7. The van der Waals surface area contributed by atoms with Gasteiger partial charge < -0.3 is 10.1 Å². The van der Waals surface area contributed by atoms with Gasteiger partial charge in [-0.05, 0) is 34.9 Å². The summed E-state index contributed by atoms with van der Waals surface area (Å²) in [6.45, 7) is 0.450. The van der Waals surface area contributed by atoms with E-state index in [4.69, 9.17) is 4.74 Å². The Labute approximate surface area is 173 Å². The van der Waals surface area contributed by atoms with Crippen molar-refractivity contribution in [1.29, 1.82) is 0 Å². The van der Waals surface area contributed by atoms with E-state index in [2.05, 4.69) is 25.8 Å². The van der Waals surface area contributed by atoms with E-state index in [1.807, 2.05) is 35.0 Å². The Morgan fingerprint density at radius 2 is 2.00 bits per heavy atom. The summed E-state index contributed by atoms with van der Waals surface area (Å²) in [4.78, 5) is 16.5. The zero-order chi connectivity index (χ0) is 19.9. The summed E-state index contributed by atoms with van der Waals surface area (Å²) in [5.41, 5.74) is 1.70. The Balaban J connectivity index is 1.25. The van der Waals surface area contributed by atoms with Crippen LogP contribution in [0.5, 0.6) is 5.88 Å². The summed E-state index contributed by atoms with van der Waals surface area (Å²) < 4.78 is 7.51. The van der Waals surface area contributed by atoms with Crippen molar-refractivity contribution >= 4 is 23.4 Å². The van der Waals surface area contributed by atoms with Crippen molar-refractivity contribution in [3.05, 3.63) is 54.2 Å². The number of thioether (sulfide) groups is 1. The second-order valence-electron chi connectivity index (χ2n) is 6.84. The predicted molar refractivity (Wildman–Crippen MR) is 110 cm³/mol. The van der Waals surface area contributed by atoms with Crippen LogP contribution in [0.1, 0.15) is 37.3 Å². The first-order valence-corrected chi connectivity index (χ1v) is 10.6. The van der Waals surface area contributed by atoms with Gasteiger partial charge in [-0.15, -0.1) is 5.10 Å². The minimum Gasteiger partial charge on any atom is -0.473 e. The lowest BCUT2D eigenvalue weighted by Crippen LogP contribution is -2.15. The maximum atomic E-state index is 12.3. The van der Waals surface area contributed by atoms with Crippen LogP contribution >= 0.6 is 11.8 Å². The lowest BCUT2D eigenvalue weighted by molar-refractivity contribution is -0.113. The van der Waals surface area contributed by atoms with Crippen LogP contribution < -0.4 is 10.1 Å². The number of tetrazole rings is 1. The second-order valence-corrected chi connectivity index (χ2v) is 7.78. The molecule has 150 valence electrons. The van der Waals surface area contributed by atoms with E-state index in [0.717, 1.165) is 18.4 Å². The van der Waals surface area contributed by atoms with Crippen LogP contribution in [0.2, 0.25) is 0 Å². The normalized spacial score (nSPS) is 14.1. The van der Waals surface area contributed by atoms with Crippen molar-refractivity contribution in [2.45, 2.75) is 43.5 Å². The van der Waals surface area contributed by atoms with E-state index < -0.39 is 0 Å². The van der Waals surface area contributed by atoms with Crippen LogP contribution in [0.4, 0.5) is 5.69 Å². The lowest BCUT2D eigenvalue weighted by atomic mass is 10.2. The van der Waals surface area contributed by atoms with Crippen molar-refractivity contribution in [3.8, 4) is 5.88 Å². The Kier molecular flexibility index (Phi) is 6.35. The number of carbonyl (C=O) groups excluding carboxylic acids is 1. The summed E-state index contributed by atoms with van der Waals surface area (Å²) >= 11 is 1.35. The quantitative estimate of drug-likeness (QED) is 0.568. The van der Waals surface area contributed by atoms with Gasteiger partial charge in [-0.2, -0.15) is 0 Å². The molecular weight excluding hydrogens is 388 g/mol. The Morgan fingerprint density at radius 1 is 1.17 bits per heavy atom. The van der Waals surface area contributed by atoms with E-state index in [1.165, 1.54) is 24.6 Å². The summed E-state index contributed by atoms with van der Waals surface area (Å²) in [5, 5.41) is 15.4. The molecule has 2 heterocycles. The summed E-state index contributed by atoms with van der Waals surface area (Å²) in [5.74, 6) is 0.618. The molecule has 1 aromatic carbocycles. The number of benzene rings is 1. The molecule has 3 aromatic rings. The first-order valence-electron chi connectivity index (χ1n) is 9.61. The lowest BCUT2D eigenvalue weighted by Gasteiger charge is -2.11. The van der Waals surface area contributed by atoms with Crippen LogP contribution in [0, 0.1) is 0 Å². The van der Waals surface area contributed by atoms with Crippen molar-refractivity contribution < 1.29 is 9.53 Å². The number of pyridine rings is 1. The fraction of sp³-hybridized carbons (Fsp3) is 0.350. The minimum atomic E-state index is -0.129. The third-order valence-corrected chi connectivity index (χ3v) is 5.65. The summed E-state index contributed by atoms with van der Waals surface area (Å²) in [6.07, 6.45) is 6.18. The molecule has 2 aromatic heterocycles. The van der Waals surface area contributed by atoms with E-state index in [-0.39, 0.29) is 11.7 Å². The Bertz CT molecular complexity index is 926. The highest BCUT2D eigenvalue weighted by atomic mass is 32.2. The van der Waals surface area contributed by atoms with Gasteiger partial charge in [0.05, 0.1) is 23.7 Å². The van der Waals surface area contributed by atoms with Crippen molar-refractivity contribution in [3.63, 3.8) is 0 Å². The van der Waals surface area contributed by atoms with Gasteiger partial charge in [-0.25, -0.2) is 9.67 Å². The number of aromatic nitrogens is 5. The number of carbonyl (C=O) groups is 1. The largest absolute Gasteiger partial charge is 0.473 e. The Hall–Kier alpha value is -2.94. The molecule has 0 aliphatic heterocycles. The number of nitrogens with zero attached hydrogens (tertiary/aromatic N) is 5. The number of anilines is 1. The van der Waals surface area contributed by atoms with Crippen LogP contribution in [-0.4, -0.2) is 36.9 Å². The molecule has 1 N–H and O–H groups in total. The first kappa shape index (κ1) is 19.4. The zero-order valence-electron chi connectivity index (χ0n) is 15.9. The molecule has 1 amide bonds. The average Bonchev–Trinajstić information content (AvgIpc) is 3.44. The van der Waals surface area contributed by atoms with Gasteiger partial charge in [-0.3, -0.25) is 4.79 Å². The molecule has 0 atom stereocenters. The highest BCUT2D eigenvalue weighted by Gasteiger charge is 2.22. The summed E-state index contributed by atoms with van der Waals surface area (Å²) in [7, 11) is 0. The molecule has 1 fully saturated rings. The number of rotatable bonds is 8. The first-order chi connectivity index (χ1) is 14.3. The van der Waals surface area contributed by atoms with Crippen molar-refractivity contribution in [1.82, 2.24) is 25.2 Å². The van der Waals surface area contributed by atoms with Gasteiger partial charge in [0.15, 0.2) is 0 Å². The molecule has 1 saturated carbocycles. The van der Waals surface area contributed by atoms with E-state index in [1.54, 1.807) is 18.3 Å². The van der Waals surface area contributed by atoms with Gasteiger partial charge in [0.25, 0.3) is 0 Å². The van der Waals surface area contributed by atoms with Crippen molar-refractivity contribution in [2.75, 3.05) is 11.1 Å². The maximum absolute atomic E-state index is 12.3. The molecule has 29 heavy (non-hydrogen) atoms. The zero-order valence-corrected chi connectivity index (χ0v) is 16.7. The maximum Gasteiger partial charge on any atom is 0.234 e. The van der Waals surface area contributed by atoms with Crippen LogP contribution in [-0.2, 0) is 11.4 Å². The summed E-state index contributed by atoms with van der Waals surface area (Å²) in [6, 6.07) is 13.8. The smallest absolute Gasteiger partial charge is 0.234 e. The molecule has 0 spiro atoms. The molecule has 0 saturated heterocycles. The molecular formula is C20H22N6O2S. The van der Waals surface area contributed by atoms with Crippen LogP contribution in [0.25, 0.3) is 0 Å². The highest BCUT2D eigenvalue weighted by Crippen LogP contribution is 2.31. The van der Waals surface area contributed by atoms with Gasteiger partial charge >= 0.3 is 0 Å². The average molecular weight is 411 g/mol. The number of ether oxygens (including phenoxy) is 1. The fourth-order valence-corrected chi connectivity index (χ4v) is 4.00. The number of hydrogen-bond donors (Lipinski definition) is 1. The molecule has 1 aliphatic rings. The van der Waals surface area contributed by atoms with Crippen LogP contribution in [0.15, 0.2) is 53.8 Å². The Morgan fingerprint density at radius 3 is 2.76 bits per heavy atom. The molecule has 0 radical (unpaired) electrons. The standard InChI is InChI=1S/C20H22N6O2S/c27-18(14-29-20-23-24-25-26(20)17-8-4-5-9-17)22-16-10-11-19(21-12-16)28-13-15-6-2-1-3-7-15/h1-3,6-7,10-12,17H,4-5,8-9,13-14H2,(H,22,27). The number of amides is 1. The molecule has 0 unspecified atom stereocenters. The van der Waals surface area contributed by atoms with Crippen LogP contribution in [0.3, 0.4) is 0 Å². The van der Waals surface area contributed by atoms with E-state index in [9.17, 15) is 4.79 Å². The third-order valence-electron chi connectivity index (χ3n) is 4.72. The van der Waals surface area contributed by atoms with Gasteiger partial charge in [0.1, 0.15) is 6.61 Å². The SMILES string of the molecule is O=C(CSc1nnnn1C1CCCC1)Nc1ccc(OCc2ccccc2)nc1. The van der Waals surface area contributed by atoms with Gasteiger partial charge in [0.2, 0.25) is 16.9 Å². The topological polar surface area (TPSA) is 94.8 Å². The van der Waals surface area contributed by atoms with Gasteiger partial charge in [-0.1, -0.05) is 54.9 Å². The molecule has 4 rings (SSSR count). The number of nitrogens with one attached hydrogen (secondary N) is 1. The molecule has 9 heteroatoms. The van der Waals surface area contributed by atoms with Crippen molar-refractivity contribution in [2.24, 2.45) is 0 Å². The fourth-order valence-electron chi connectivity index (χ4n) is 3.26. The molecule has 1 aliphatic carbocycles. The highest BCUT2D eigenvalue weighted by molar-refractivity contribution is 7.99. The molecule has 8 nitrogen and oxygen atoms in total. The van der Waals surface area contributed by atoms with E-state index in [0.29, 0.717) is 29.4 Å². The second kappa shape index (κ2) is 9.51. The molecule has 0 bridgehead atoms. The monoisotopic (exact) mass is 410 g/mol.